The third-order valence-corrected chi connectivity index (χ3v) is 3.55. The van der Waals surface area contributed by atoms with E-state index in [1.165, 1.54) is 0 Å². The highest BCUT2D eigenvalue weighted by atomic mass is 79.9. The molecule has 106 valence electrons. The Bertz CT molecular complexity index is 604. The lowest BCUT2D eigenvalue weighted by Crippen LogP contribution is -2.06. The molecule has 0 aliphatic carbocycles. The van der Waals surface area contributed by atoms with Gasteiger partial charge in [-0.3, -0.25) is 0 Å². The van der Waals surface area contributed by atoms with Crippen molar-refractivity contribution < 1.29 is 0 Å². The van der Waals surface area contributed by atoms with Crippen molar-refractivity contribution in [2.24, 2.45) is 0 Å². The molecule has 0 saturated heterocycles. The fraction of sp³-hybridized carbons (Fsp3) is 0.286. The van der Waals surface area contributed by atoms with Crippen LogP contribution in [0.2, 0.25) is 5.02 Å². The van der Waals surface area contributed by atoms with Gasteiger partial charge in [0.2, 0.25) is 5.95 Å². The molecule has 0 atom stereocenters. The van der Waals surface area contributed by atoms with Crippen molar-refractivity contribution in [2.75, 3.05) is 17.2 Å². The smallest absolute Gasteiger partial charge is 0.224 e. The van der Waals surface area contributed by atoms with E-state index in [4.69, 9.17) is 11.6 Å². The molecule has 2 N–H and O–H groups in total. The Kier molecular flexibility index (Phi) is 5.20. The van der Waals surface area contributed by atoms with E-state index in [1.807, 2.05) is 25.1 Å². The third kappa shape index (κ3) is 3.84. The number of anilines is 3. The Morgan fingerprint density at radius 1 is 1.35 bits per heavy atom. The van der Waals surface area contributed by atoms with Crippen LogP contribution in [-0.2, 0) is 0 Å². The molecule has 2 aromatic rings. The Balaban J connectivity index is 2.25. The number of hydrogen-bond acceptors (Lipinski definition) is 4. The van der Waals surface area contributed by atoms with Gasteiger partial charge >= 0.3 is 0 Å². The maximum absolute atomic E-state index is 6.03. The maximum atomic E-state index is 6.03. The summed E-state index contributed by atoms with van der Waals surface area (Å²) in [6.07, 6.45) is 2.75. The Morgan fingerprint density at radius 3 is 2.90 bits per heavy atom. The predicted molar refractivity (Wildman–Crippen MR) is 88.0 cm³/mol. The zero-order valence-corrected chi connectivity index (χ0v) is 13.7. The SMILES string of the molecule is CCCNc1ncc(Br)c(Nc2cc(Cl)ccc2C)n1. The first kappa shape index (κ1) is 15.1. The van der Waals surface area contributed by atoms with Crippen molar-refractivity contribution in [3.05, 3.63) is 39.5 Å². The highest BCUT2D eigenvalue weighted by Gasteiger charge is 2.07. The Morgan fingerprint density at radius 2 is 2.15 bits per heavy atom. The molecule has 0 radical (unpaired) electrons. The number of aromatic nitrogens is 2. The summed E-state index contributed by atoms with van der Waals surface area (Å²) in [5, 5.41) is 7.13. The van der Waals surface area contributed by atoms with E-state index in [1.54, 1.807) is 6.20 Å². The molecule has 20 heavy (non-hydrogen) atoms. The van der Waals surface area contributed by atoms with Crippen LogP contribution < -0.4 is 10.6 Å². The van der Waals surface area contributed by atoms with Crippen LogP contribution in [0.4, 0.5) is 17.5 Å². The molecule has 0 aliphatic heterocycles. The van der Waals surface area contributed by atoms with Crippen molar-refractivity contribution in [3.8, 4) is 0 Å². The molecule has 1 heterocycles. The molecule has 0 saturated carbocycles. The van der Waals surface area contributed by atoms with Gasteiger partial charge in [0.15, 0.2) is 0 Å². The molecule has 6 heteroatoms. The first-order valence-electron chi connectivity index (χ1n) is 6.39. The van der Waals surface area contributed by atoms with Gasteiger partial charge in [-0.25, -0.2) is 4.98 Å². The number of nitrogens with one attached hydrogen (secondary N) is 2. The van der Waals surface area contributed by atoms with Crippen molar-refractivity contribution in [1.82, 2.24) is 9.97 Å². The van der Waals surface area contributed by atoms with Crippen LogP contribution in [0.5, 0.6) is 0 Å². The van der Waals surface area contributed by atoms with Gasteiger partial charge in [0.1, 0.15) is 5.82 Å². The van der Waals surface area contributed by atoms with Crippen LogP contribution in [0.15, 0.2) is 28.9 Å². The van der Waals surface area contributed by atoms with E-state index in [0.717, 1.165) is 28.7 Å². The molecule has 0 aliphatic rings. The van der Waals surface area contributed by atoms with Gasteiger partial charge in [0, 0.05) is 23.5 Å². The highest BCUT2D eigenvalue weighted by molar-refractivity contribution is 9.10. The average Bonchev–Trinajstić information content (AvgIpc) is 2.43. The molecule has 0 unspecified atom stereocenters. The summed E-state index contributed by atoms with van der Waals surface area (Å²) in [5.41, 5.74) is 2.03. The van der Waals surface area contributed by atoms with E-state index in [2.05, 4.69) is 43.5 Å². The summed E-state index contributed by atoms with van der Waals surface area (Å²) in [7, 11) is 0. The van der Waals surface area contributed by atoms with Gasteiger partial charge in [-0.2, -0.15) is 4.98 Å². The van der Waals surface area contributed by atoms with Gasteiger partial charge in [0.05, 0.1) is 4.47 Å². The predicted octanol–water partition coefficient (Wildman–Crippen LogP) is 4.77. The van der Waals surface area contributed by atoms with Crippen LogP contribution in [0.1, 0.15) is 18.9 Å². The molecule has 4 nitrogen and oxygen atoms in total. The van der Waals surface area contributed by atoms with Gasteiger partial charge < -0.3 is 10.6 Å². The fourth-order valence-electron chi connectivity index (χ4n) is 1.63. The van der Waals surface area contributed by atoms with Crippen LogP contribution in [0.3, 0.4) is 0 Å². The lowest BCUT2D eigenvalue weighted by molar-refractivity contribution is 0.952. The second kappa shape index (κ2) is 6.90. The van der Waals surface area contributed by atoms with Crippen LogP contribution in [0.25, 0.3) is 0 Å². The maximum Gasteiger partial charge on any atom is 0.224 e. The summed E-state index contributed by atoms with van der Waals surface area (Å²) < 4.78 is 0.805. The molecule has 0 amide bonds. The second-order valence-electron chi connectivity index (χ2n) is 4.40. The van der Waals surface area contributed by atoms with Crippen molar-refractivity contribution in [3.63, 3.8) is 0 Å². The molecule has 2 rings (SSSR count). The minimum absolute atomic E-state index is 0.609. The standard InChI is InChI=1S/C14H16BrClN4/c1-3-6-17-14-18-8-11(15)13(20-14)19-12-7-10(16)5-4-9(12)2/h4-5,7-8H,3,6H2,1-2H3,(H2,17,18,19,20). The number of aryl methyl sites for hydroxylation is 1. The summed E-state index contributed by atoms with van der Waals surface area (Å²) in [6, 6.07) is 5.71. The molecular weight excluding hydrogens is 340 g/mol. The topological polar surface area (TPSA) is 49.8 Å². The minimum Gasteiger partial charge on any atom is -0.354 e. The van der Waals surface area contributed by atoms with E-state index in [0.29, 0.717) is 16.8 Å². The normalized spacial score (nSPS) is 10.4. The lowest BCUT2D eigenvalue weighted by atomic mass is 10.2. The summed E-state index contributed by atoms with van der Waals surface area (Å²) in [6.45, 7) is 4.96. The Labute approximate surface area is 132 Å². The molecule has 1 aromatic heterocycles. The lowest BCUT2D eigenvalue weighted by Gasteiger charge is -2.12. The molecule has 0 spiro atoms. The summed E-state index contributed by atoms with van der Waals surface area (Å²) >= 11 is 9.48. The monoisotopic (exact) mass is 354 g/mol. The minimum atomic E-state index is 0.609. The average molecular weight is 356 g/mol. The quantitative estimate of drug-likeness (QED) is 0.811. The molecule has 0 fully saturated rings. The summed E-state index contributed by atoms with van der Waals surface area (Å²) in [5.74, 6) is 1.32. The summed E-state index contributed by atoms with van der Waals surface area (Å²) in [4.78, 5) is 8.68. The number of nitrogens with zero attached hydrogens (tertiary/aromatic N) is 2. The zero-order chi connectivity index (χ0) is 14.5. The molecule has 1 aromatic carbocycles. The van der Waals surface area contributed by atoms with Crippen LogP contribution in [0, 0.1) is 6.92 Å². The largest absolute Gasteiger partial charge is 0.354 e. The van der Waals surface area contributed by atoms with Gasteiger partial charge in [0.25, 0.3) is 0 Å². The van der Waals surface area contributed by atoms with E-state index >= 15 is 0 Å². The molecule has 0 bridgehead atoms. The Hall–Kier alpha value is -1.33. The second-order valence-corrected chi connectivity index (χ2v) is 5.69. The van der Waals surface area contributed by atoms with Gasteiger partial charge in [-0.1, -0.05) is 24.6 Å². The third-order valence-electron chi connectivity index (χ3n) is 2.73. The van der Waals surface area contributed by atoms with Gasteiger partial charge in [-0.05, 0) is 47.0 Å². The van der Waals surface area contributed by atoms with Gasteiger partial charge in [-0.15, -0.1) is 0 Å². The van der Waals surface area contributed by atoms with E-state index in [-0.39, 0.29) is 0 Å². The highest BCUT2D eigenvalue weighted by Crippen LogP contribution is 2.27. The first-order chi connectivity index (χ1) is 9.60. The number of halogens is 2. The van der Waals surface area contributed by atoms with Crippen molar-refractivity contribution in [2.45, 2.75) is 20.3 Å². The van der Waals surface area contributed by atoms with E-state index < -0.39 is 0 Å². The fourth-order valence-corrected chi connectivity index (χ4v) is 2.10. The number of hydrogen-bond donors (Lipinski definition) is 2. The number of benzene rings is 1. The first-order valence-corrected chi connectivity index (χ1v) is 7.57. The van der Waals surface area contributed by atoms with Crippen molar-refractivity contribution >= 4 is 45.0 Å². The zero-order valence-electron chi connectivity index (χ0n) is 11.4. The van der Waals surface area contributed by atoms with Crippen LogP contribution in [-0.4, -0.2) is 16.5 Å². The van der Waals surface area contributed by atoms with E-state index in [9.17, 15) is 0 Å². The van der Waals surface area contributed by atoms with Crippen LogP contribution >= 0.6 is 27.5 Å². The molecular formula is C14H16BrClN4. The van der Waals surface area contributed by atoms with Crippen molar-refractivity contribution in [1.29, 1.82) is 0 Å². The number of rotatable bonds is 5.